The summed E-state index contributed by atoms with van der Waals surface area (Å²) >= 11 is 0. The molecule has 1 rings (SSSR count). The van der Waals surface area contributed by atoms with Crippen LogP contribution in [-0.2, 0) is 9.59 Å². The minimum atomic E-state index is -0.741. The highest BCUT2D eigenvalue weighted by atomic mass is 16.2. The summed E-state index contributed by atoms with van der Waals surface area (Å²) in [5, 5.41) is 2.83. The highest BCUT2D eigenvalue weighted by molar-refractivity contribution is 5.99. The lowest BCUT2D eigenvalue weighted by atomic mass is 9.89. The Labute approximate surface area is 103 Å². The number of rotatable bonds is 5. The van der Waals surface area contributed by atoms with E-state index in [1.54, 1.807) is 11.0 Å². The molecule has 1 fully saturated rings. The smallest absolute Gasteiger partial charge is 0.246 e. The van der Waals surface area contributed by atoms with Crippen molar-refractivity contribution < 1.29 is 9.59 Å². The molecule has 0 aromatic rings. The third-order valence-corrected chi connectivity index (χ3v) is 3.53. The van der Waals surface area contributed by atoms with E-state index in [9.17, 15) is 9.59 Å². The van der Waals surface area contributed by atoms with Gasteiger partial charge in [-0.25, -0.2) is 0 Å². The van der Waals surface area contributed by atoms with Gasteiger partial charge in [-0.3, -0.25) is 9.59 Å². The van der Waals surface area contributed by atoms with E-state index in [1.165, 1.54) is 0 Å². The fourth-order valence-electron chi connectivity index (χ4n) is 2.19. The first kappa shape index (κ1) is 13.7. The van der Waals surface area contributed by atoms with E-state index in [1.807, 2.05) is 20.8 Å². The Morgan fingerprint density at radius 3 is 2.59 bits per heavy atom. The first-order valence-corrected chi connectivity index (χ1v) is 6.24. The number of carbonyl (C=O) groups excluding carboxylic acids is 2. The lowest BCUT2D eigenvalue weighted by Gasteiger charge is -2.45. The minimum absolute atomic E-state index is 0.00991. The van der Waals surface area contributed by atoms with Crippen molar-refractivity contribution in [2.75, 3.05) is 6.54 Å². The molecule has 96 valence electrons. The topological polar surface area (TPSA) is 49.4 Å². The molecule has 2 atom stereocenters. The third kappa shape index (κ3) is 2.35. The van der Waals surface area contributed by atoms with Crippen molar-refractivity contribution in [1.82, 2.24) is 10.2 Å². The molecule has 17 heavy (non-hydrogen) atoms. The maximum Gasteiger partial charge on any atom is 0.246 e. The van der Waals surface area contributed by atoms with Gasteiger partial charge in [0.15, 0.2) is 0 Å². The Morgan fingerprint density at radius 2 is 2.12 bits per heavy atom. The Balaban J connectivity index is 3.01. The summed E-state index contributed by atoms with van der Waals surface area (Å²) in [6.07, 6.45) is 3.85. The van der Waals surface area contributed by atoms with E-state index in [-0.39, 0.29) is 17.9 Å². The molecule has 0 aliphatic carbocycles. The molecule has 2 amide bonds. The maximum atomic E-state index is 12.3. The van der Waals surface area contributed by atoms with Crippen molar-refractivity contribution in [1.29, 1.82) is 0 Å². The fraction of sp³-hybridized carbons (Fsp3) is 0.692. The van der Waals surface area contributed by atoms with Gasteiger partial charge in [-0.1, -0.05) is 26.3 Å². The van der Waals surface area contributed by atoms with Crippen molar-refractivity contribution in [3.8, 4) is 0 Å². The first-order valence-electron chi connectivity index (χ1n) is 6.24. The number of amides is 2. The zero-order valence-corrected chi connectivity index (χ0v) is 11.0. The van der Waals surface area contributed by atoms with Gasteiger partial charge in [0, 0.05) is 6.54 Å². The van der Waals surface area contributed by atoms with Gasteiger partial charge in [-0.15, -0.1) is 6.58 Å². The van der Waals surface area contributed by atoms with E-state index in [4.69, 9.17) is 0 Å². The fourth-order valence-corrected chi connectivity index (χ4v) is 2.19. The monoisotopic (exact) mass is 238 g/mol. The second kappa shape index (κ2) is 5.34. The first-order chi connectivity index (χ1) is 8.01. The van der Waals surface area contributed by atoms with Gasteiger partial charge < -0.3 is 10.2 Å². The molecule has 0 aromatic carbocycles. The number of carbonyl (C=O) groups is 2. The third-order valence-electron chi connectivity index (χ3n) is 3.53. The molecule has 1 N–H and O–H groups in total. The Kier molecular flexibility index (Phi) is 4.32. The van der Waals surface area contributed by atoms with Crippen LogP contribution in [0, 0.1) is 0 Å². The molecule has 0 saturated carbocycles. The van der Waals surface area contributed by atoms with Crippen LogP contribution in [-0.4, -0.2) is 34.8 Å². The molecule has 0 spiro atoms. The van der Waals surface area contributed by atoms with Crippen LogP contribution in [0.1, 0.15) is 40.0 Å². The number of nitrogens with one attached hydrogen (secondary N) is 1. The van der Waals surface area contributed by atoms with Crippen LogP contribution in [0.25, 0.3) is 0 Å². The highest BCUT2D eigenvalue weighted by Crippen LogP contribution is 2.25. The zero-order chi connectivity index (χ0) is 13.1. The summed E-state index contributed by atoms with van der Waals surface area (Å²) in [5.74, 6) is -0.0457. The van der Waals surface area contributed by atoms with Crippen LogP contribution in [0.4, 0.5) is 0 Å². The van der Waals surface area contributed by atoms with Crippen LogP contribution >= 0.6 is 0 Å². The molecule has 0 bridgehead atoms. The Morgan fingerprint density at radius 1 is 1.47 bits per heavy atom. The molecule has 1 aliphatic rings. The van der Waals surface area contributed by atoms with Crippen molar-refractivity contribution in [3.63, 3.8) is 0 Å². The van der Waals surface area contributed by atoms with Crippen LogP contribution in [0.15, 0.2) is 12.7 Å². The lowest BCUT2D eigenvalue weighted by molar-refractivity contribution is -0.156. The van der Waals surface area contributed by atoms with Gasteiger partial charge in [0.25, 0.3) is 0 Å². The maximum absolute atomic E-state index is 12.3. The average molecular weight is 238 g/mol. The van der Waals surface area contributed by atoms with Gasteiger partial charge in [0.2, 0.25) is 11.8 Å². The normalized spacial score (nSPS) is 29.1. The van der Waals surface area contributed by atoms with E-state index in [2.05, 4.69) is 11.9 Å². The quantitative estimate of drug-likeness (QED) is 0.737. The summed E-state index contributed by atoms with van der Waals surface area (Å²) < 4.78 is 0. The van der Waals surface area contributed by atoms with Crippen molar-refractivity contribution in [3.05, 3.63) is 12.7 Å². The second-order valence-electron chi connectivity index (χ2n) is 4.68. The summed E-state index contributed by atoms with van der Waals surface area (Å²) in [5.41, 5.74) is -0.741. The summed E-state index contributed by atoms with van der Waals surface area (Å²) in [4.78, 5) is 26.1. The predicted molar refractivity (Wildman–Crippen MR) is 67.4 cm³/mol. The van der Waals surface area contributed by atoms with Crippen LogP contribution < -0.4 is 5.32 Å². The van der Waals surface area contributed by atoms with Crippen molar-refractivity contribution in [2.24, 2.45) is 0 Å². The number of nitrogens with zero attached hydrogens (tertiary/aromatic N) is 1. The largest absolute Gasteiger partial charge is 0.342 e. The van der Waals surface area contributed by atoms with Gasteiger partial charge >= 0.3 is 0 Å². The van der Waals surface area contributed by atoms with E-state index < -0.39 is 5.54 Å². The van der Waals surface area contributed by atoms with Crippen molar-refractivity contribution in [2.45, 2.75) is 51.6 Å². The predicted octanol–water partition coefficient (Wildman–Crippen LogP) is 1.47. The Bertz CT molecular complexity index is 327. The molecule has 0 aromatic heterocycles. The van der Waals surface area contributed by atoms with Crippen LogP contribution in [0.3, 0.4) is 0 Å². The van der Waals surface area contributed by atoms with E-state index in [0.717, 1.165) is 6.42 Å². The van der Waals surface area contributed by atoms with Gasteiger partial charge in [-0.2, -0.15) is 0 Å². The number of piperazine rings is 1. The molecule has 2 unspecified atom stereocenters. The van der Waals surface area contributed by atoms with Crippen LogP contribution in [0.2, 0.25) is 0 Å². The number of hydrogen-bond acceptors (Lipinski definition) is 2. The lowest BCUT2D eigenvalue weighted by Crippen LogP contribution is -2.69. The molecule has 1 aliphatic heterocycles. The molecule has 4 heteroatoms. The van der Waals surface area contributed by atoms with E-state index in [0.29, 0.717) is 19.4 Å². The SMILES string of the molecule is C=CCN1C(=O)C(CCC)NC(=O)C1(C)CC. The minimum Gasteiger partial charge on any atom is -0.342 e. The van der Waals surface area contributed by atoms with Crippen molar-refractivity contribution >= 4 is 11.8 Å². The summed E-state index contributed by atoms with van der Waals surface area (Å²) in [6.45, 7) is 9.82. The summed E-state index contributed by atoms with van der Waals surface area (Å²) in [7, 11) is 0. The molecule has 1 saturated heterocycles. The standard InChI is InChI=1S/C13H22N2O2/c1-5-8-10-11(16)15(9-6-2)13(4,7-3)12(17)14-10/h6,10H,2,5,7-9H2,1,3-4H3,(H,14,17). The van der Waals surface area contributed by atoms with Crippen LogP contribution in [0.5, 0.6) is 0 Å². The zero-order valence-electron chi connectivity index (χ0n) is 11.0. The molecular formula is C13H22N2O2. The van der Waals surface area contributed by atoms with Gasteiger partial charge in [0.05, 0.1) is 0 Å². The second-order valence-corrected chi connectivity index (χ2v) is 4.68. The Hall–Kier alpha value is -1.32. The van der Waals surface area contributed by atoms with E-state index >= 15 is 0 Å². The molecular weight excluding hydrogens is 216 g/mol. The molecule has 1 heterocycles. The number of hydrogen-bond donors (Lipinski definition) is 1. The highest BCUT2D eigenvalue weighted by Gasteiger charge is 2.47. The van der Waals surface area contributed by atoms with Gasteiger partial charge in [-0.05, 0) is 19.8 Å². The molecule has 0 radical (unpaired) electrons. The van der Waals surface area contributed by atoms with Gasteiger partial charge in [0.1, 0.15) is 11.6 Å². The average Bonchev–Trinajstić information content (AvgIpc) is 2.32. The summed E-state index contributed by atoms with van der Waals surface area (Å²) in [6, 6.07) is -0.368. The molecule has 4 nitrogen and oxygen atoms in total.